The Morgan fingerprint density at radius 1 is 0.961 bits per heavy atom. The van der Waals surface area contributed by atoms with Crippen LogP contribution in [0, 0.1) is 17.8 Å². The summed E-state index contributed by atoms with van der Waals surface area (Å²) in [6.07, 6.45) is -8.24. The zero-order valence-corrected chi connectivity index (χ0v) is 33.2. The number of carbonyl (C=O) groups excluding carboxylic acids is 1. The molecule has 51 heavy (non-hydrogen) atoms. The van der Waals surface area contributed by atoms with Crippen LogP contribution in [-0.4, -0.2) is 154 Å². The van der Waals surface area contributed by atoms with Crippen molar-refractivity contribution >= 4 is 5.97 Å². The van der Waals surface area contributed by atoms with Gasteiger partial charge in [-0.25, -0.2) is 0 Å². The number of likely N-dealkylation sites (N-methyl/N-ethyl adjacent to an activating group) is 2. The number of hydrogen-bond donors (Lipinski definition) is 6. The number of nitrogens with one attached hydrogen (secondary N) is 1. The number of carbonyl (C=O) groups is 1. The standard InChI is InChI=1S/C37H70N2O12/c1-14-26-37(10,45)30(41)23(6)39(12)18-19(2)16-35(8,44)32(51-34-28(40)25(38-11)15-20(3)47-34)21(4)29(22(5)33(43)49-26)50-27-17-36(9,46-13)31(42)24(7)48-27/h19-32,34,38,40-42,44-45H,14-18H2,1-13H3/t19-,20+,21+,22+,23+,24-,25-,26-,27+,28+,29+,30+,31+,32-,34-,35+,36-,37+/m0/s1. The summed E-state index contributed by atoms with van der Waals surface area (Å²) in [6.45, 7) is 18.0. The third kappa shape index (κ3) is 10.0. The number of cyclic esters (lactones) is 1. The van der Waals surface area contributed by atoms with Crippen molar-refractivity contribution in [2.45, 2.75) is 185 Å². The minimum atomic E-state index is -1.80. The molecule has 0 bridgehead atoms. The maximum Gasteiger partial charge on any atom is 0.311 e. The van der Waals surface area contributed by atoms with Crippen LogP contribution in [0.3, 0.4) is 0 Å². The van der Waals surface area contributed by atoms with Gasteiger partial charge in [-0.3, -0.25) is 4.79 Å². The fourth-order valence-corrected chi connectivity index (χ4v) is 8.53. The van der Waals surface area contributed by atoms with Gasteiger partial charge in [0.15, 0.2) is 12.6 Å². The molecule has 3 aliphatic rings. The number of esters is 1. The van der Waals surface area contributed by atoms with Gasteiger partial charge in [-0.1, -0.05) is 20.8 Å². The summed E-state index contributed by atoms with van der Waals surface area (Å²) < 4.78 is 37.3. The summed E-state index contributed by atoms with van der Waals surface area (Å²) in [5.74, 6) is -2.59. The van der Waals surface area contributed by atoms with Crippen molar-refractivity contribution in [1.29, 1.82) is 0 Å². The Labute approximate surface area is 305 Å². The van der Waals surface area contributed by atoms with Crippen molar-refractivity contribution in [3.05, 3.63) is 0 Å². The molecule has 300 valence electrons. The number of hydrogen-bond acceptors (Lipinski definition) is 14. The molecule has 14 nitrogen and oxygen atoms in total. The number of methoxy groups -OCH3 is 1. The summed E-state index contributed by atoms with van der Waals surface area (Å²) in [7, 11) is 5.10. The molecule has 14 heteroatoms. The first kappa shape index (κ1) is 44.4. The van der Waals surface area contributed by atoms with Crippen molar-refractivity contribution < 1.29 is 58.7 Å². The monoisotopic (exact) mass is 734 g/mol. The zero-order valence-electron chi connectivity index (χ0n) is 33.2. The second-order valence-corrected chi connectivity index (χ2v) is 16.5. The Hall–Kier alpha value is -1.01. The van der Waals surface area contributed by atoms with E-state index in [9.17, 15) is 30.3 Å². The maximum atomic E-state index is 14.2. The van der Waals surface area contributed by atoms with E-state index in [0.717, 1.165) is 0 Å². The molecule has 0 aromatic heterocycles. The first-order valence-corrected chi connectivity index (χ1v) is 18.8. The maximum absolute atomic E-state index is 14.2. The highest BCUT2D eigenvalue weighted by Gasteiger charge is 2.52. The first-order valence-electron chi connectivity index (χ1n) is 18.8. The Balaban J connectivity index is 2.16. The van der Waals surface area contributed by atoms with Crippen molar-refractivity contribution in [2.24, 2.45) is 17.8 Å². The Bertz CT molecular complexity index is 1110. The highest BCUT2D eigenvalue weighted by Crippen LogP contribution is 2.40. The van der Waals surface area contributed by atoms with Gasteiger partial charge >= 0.3 is 5.97 Å². The molecule has 3 aliphatic heterocycles. The Kier molecular flexibility index (Phi) is 15.3. The lowest BCUT2D eigenvalue weighted by atomic mass is 9.77. The minimum absolute atomic E-state index is 0.132. The molecule has 6 N–H and O–H groups in total. The van der Waals surface area contributed by atoms with Gasteiger partial charge in [0.05, 0.1) is 41.5 Å². The zero-order chi connectivity index (χ0) is 38.8. The smallest absolute Gasteiger partial charge is 0.311 e. The molecule has 0 aromatic carbocycles. The second kappa shape index (κ2) is 17.6. The third-order valence-electron chi connectivity index (χ3n) is 11.9. The summed E-state index contributed by atoms with van der Waals surface area (Å²) in [5.41, 5.74) is -4.37. The van der Waals surface area contributed by atoms with Crippen molar-refractivity contribution in [3.63, 3.8) is 0 Å². The molecule has 0 radical (unpaired) electrons. The average Bonchev–Trinajstić information content (AvgIpc) is 3.05. The van der Waals surface area contributed by atoms with E-state index in [1.165, 1.54) is 14.0 Å². The Morgan fingerprint density at radius 2 is 1.59 bits per heavy atom. The predicted molar refractivity (Wildman–Crippen MR) is 190 cm³/mol. The lowest BCUT2D eigenvalue weighted by molar-refractivity contribution is -0.316. The number of aliphatic hydroxyl groups is 5. The fourth-order valence-electron chi connectivity index (χ4n) is 8.53. The van der Waals surface area contributed by atoms with Gasteiger partial charge < -0.3 is 64.2 Å². The highest BCUT2D eigenvalue weighted by atomic mass is 16.7. The fraction of sp³-hybridized carbons (Fsp3) is 0.973. The molecule has 3 rings (SSSR count). The molecule has 0 spiro atoms. The summed E-state index contributed by atoms with van der Waals surface area (Å²) in [6, 6.07) is -0.858. The van der Waals surface area contributed by atoms with Crippen LogP contribution in [0.1, 0.15) is 94.9 Å². The lowest BCUT2D eigenvalue weighted by Crippen LogP contribution is -2.60. The summed E-state index contributed by atoms with van der Waals surface area (Å²) in [4.78, 5) is 16.1. The topological polar surface area (TPSA) is 189 Å². The Morgan fingerprint density at radius 3 is 2.16 bits per heavy atom. The van der Waals surface area contributed by atoms with E-state index < -0.39 is 96.0 Å². The van der Waals surface area contributed by atoms with Crippen LogP contribution in [0.2, 0.25) is 0 Å². The number of nitrogens with zero attached hydrogens (tertiary/aromatic N) is 1. The molecule has 0 saturated carbocycles. The number of aliphatic hydroxyl groups excluding tert-OH is 3. The van der Waals surface area contributed by atoms with E-state index in [1.54, 1.807) is 48.6 Å². The van der Waals surface area contributed by atoms with Gasteiger partial charge in [0.25, 0.3) is 0 Å². The largest absolute Gasteiger partial charge is 0.459 e. The van der Waals surface area contributed by atoms with Gasteiger partial charge in [0.2, 0.25) is 0 Å². The molecule has 0 unspecified atom stereocenters. The van der Waals surface area contributed by atoms with Crippen molar-refractivity contribution in [3.8, 4) is 0 Å². The molecule has 0 amide bonds. The summed E-state index contributed by atoms with van der Waals surface area (Å²) in [5, 5.41) is 61.0. The summed E-state index contributed by atoms with van der Waals surface area (Å²) >= 11 is 0. The normalized spacial score (nSPS) is 50.2. The van der Waals surface area contributed by atoms with Crippen molar-refractivity contribution in [2.75, 3.05) is 27.7 Å². The van der Waals surface area contributed by atoms with Gasteiger partial charge in [-0.15, -0.1) is 0 Å². The van der Waals surface area contributed by atoms with Gasteiger partial charge in [0, 0.05) is 38.1 Å². The molecule has 3 saturated heterocycles. The average molecular weight is 735 g/mol. The van der Waals surface area contributed by atoms with Crippen LogP contribution in [0.15, 0.2) is 0 Å². The molecule has 0 aliphatic carbocycles. The minimum Gasteiger partial charge on any atom is -0.459 e. The van der Waals surface area contributed by atoms with Gasteiger partial charge in [0.1, 0.15) is 30.0 Å². The van der Waals surface area contributed by atoms with Crippen LogP contribution in [0.5, 0.6) is 0 Å². The van der Waals surface area contributed by atoms with Crippen LogP contribution in [0.25, 0.3) is 0 Å². The van der Waals surface area contributed by atoms with E-state index in [0.29, 0.717) is 13.0 Å². The molecule has 3 heterocycles. The number of rotatable bonds is 7. The predicted octanol–water partition coefficient (Wildman–Crippen LogP) is 1.56. The van der Waals surface area contributed by atoms with E-state index in [2.05, 4.69) is 5.32 Å². The van der Waals surface area contributed by atoms with E-state index in [4.69, 9.17) is 28.4 Å². The molecule has 18 atom stereocenters. The highest BCUT2D eigenvalue weighted by molar-refractivity contribution is 5.73. The van der Waals surface area contributed by atoms with Gasteiger partial charge in [-0.2, -0.15) is 0 Å². The molecule has 0 aromatic rings. The van der Waals surface area contributed by atoms with Crippen LogP contribution >= 0.6 is 0 Å². The van der Waals surface area contributed by atoms with Crippen LogP contribution in [-0.2, 0) is 33.2 Å². The molecular formula is C37H70N2O12. The van der Waals surface area contributed by atoms with Crippen LogP contribution in [0.4, 0.5) is 0 Å². The van der Waals surface area contributed by atoms with E-state index in [1.807, 2.05) is 32.7 Å². The van der Waals surface area contributed by atoms with E-state index >= 15 is 0 Å². The molecule has 3 fully saturated rings. The van der Waals surface area contributed by atoms with E-state index in [-0.39, 0.29) is 37.3 Å². The second-order valence-electron chi connectivity index (χ2n) is 16.5. The number of ether oxygens (including phenoxy) is 6. The third-order valence-corrected chi connectivity index (χ3v) is 11.9. The molecular weight excluding hydrogens is 664 g/mol. The van der Waals surface area contributed by atoms with Crippen LogP contribution < -0.4 is 5.32 Å². The SMILES string of the molecule is CC[C@@H]1OC(=O)[C@H](C)[C@H](O[C@@H]2C[C@](C)(OC)[C@H](O)[C@H](C)O2)[C@@H](C)[C@H](O[C@@H]2O[C@H](C)C[C@H](NC)[C@H]2O)[C@](C)(O)C[C@H](C)CN(C)[C@H](C)[C@@H](O)[C@]1(C)O. The lowest BCUT2D eigenvalue weighted by Gasteiger charge is -2.48. The van der Waals surface area contributed by atoms with Gasteiger partial charge in [-0.05, 0) is 87.7 Å². The first-order chi connectivity index (χ1) is 23.5. The van der Waals surface area contributed by atoms with Crippen molar-refractivity contribution in [1.82, 2.24) is 10.2 Å². The quantitative estimate of drug-likeness (QED) is 0.207.